The Kier molecular flexibility index (Phi) is 5.51. The van der Waals surface area contributed by atoms with Crippen molar-refractivity contribution in [1.82, 2.24) is 5.32 Å². The molecule has 6 nitrogen and oxygen atoms in total. The van der Waals surface area contributed by atoms with Gasteiger partial charge in [-0.3, -0.25) is 9.10 Å². The molecule has 2 rings (SSSR count). The summed E-state index contributed by atoms with van der Waals surface area (Å²) in [4.78, 5) is 11.9. The van der Waals surface area contributed by atoms with Gasteiger partial charge < -0.3 is 10.1 Å². The third-order valence-corrected chi connectivity index (χ3v) is 5.27. The Morgan fingerprint density at radius 2 is 2.09 bits per heavy atom. The predicted molar refractivity (Wildman–Crippen MR) is 90.3 cm³/mol. The predicted octanol–water partition coefficient (Wildman–Crippen LogP) is 1.69. The molecule has 0 saturated heterocycles. The lowest BCUT2D eigenvalue weighted by atomic mass is 9.85. The fraction of sp³-hybridized carbons (Fsp3) is 0.562. The SMILES string of the molecule is COc1ccc(C)cc1N(CCNC(=O)C1CCC1)S(C)(=O)=O. The molecule has 1 saturated carbocycles. The summed E-state index contributed by atoms with van der Waals surface area (Å²) in [5.41, 5.74) is 1.43. The molecule has 0 unspecified atom stereocenters. The van der Waals surface area contributed by atoms with Gasteiger partial charge in [0.1, 0.15) is 5.75 Å². The van der Waals surface area contributed by atoms with E-state index in [4.69, 9.17) is 4.74 Å². The summed E-state index contributed by atoms with van der Waals surface area (Å²) in [6.07, 6.45) is 4.09. The van der Waals surface area contributed by atoms with Crippen LogP contribution >= 0.6 is 0 Å². The van der Waals surface area contributed by atoms with E-state index in [9.17, 15) is 13.2 Å². The van der Waals surface area contributed by atoms with Gasteiger partial charge in [-0.25, -0.2) is 8.42 Å². The molecule has 23 heavy (non-hydrogen) atoms. The molecule has 1 amide bonds. The summed E-state index contributed by atoms with van der Waals surface area (Å²) in [5.74, 6) is 0.599. The van der Waals surface area contributed by atoms with Crippen LogP contribution in [0.15, 0.2) is 18.2 Å². The van der Waals surface area contributed by atoms with E-state index in [0.29, 0.717) is 11.4 Å². The summed E-state index contributed by atoms with van der Waals surface area (Å²) < 4.78 is 30.8. The zero-order chi connectivity index (χ0) is 17.0. The smallest absolute Gasteiger partial charge is 0.232 e. The van der Waals surface area contributed by atoms with Gasteiger partial charge in [0.05, 0.1) is 25.6 Å². The second-order valence-electron chi connectivity index (χ2n) is 5.93. The fourth-order valence-corrected chi connectivity index (χ4v) is 3.48. The zero-order valence-corrected chi connectivity index (χ0v) is 14.6. The Morgan fingerprint density at radius 1 is 1.39 bits per heavy atom. The van der Waals surface area contributed by atoms with Gasteiger partial charge in [0, 0.05) is 12.5 Å². The maximum Gasteiger partial charge on any atom is 0.232 e. The van der Waals surface area contributed by atoms with Crippen LogP contribution in [0, 0.1) is 12.8 Å². The van der Waals surface area contributed by atoms with Crippen molar-refractivity contribution in [2.45, 2.75) is 26.2 Å². The van der Waals surface area contributed by atoms with Gasteiger partial charge in [0.25, 0.3) is 0 Å². The van der Waals surface area contributed by atoms with E-state index in [2.05, 4.69) is 5.32 Å². The molecule has 7 heteroatoms. The molecule has 0 heterocycles. The number of anilines is 1. The summed E-state index contributed by atoms with van der Waals surface area (Å²) in [7, 11) is -1.97. The minimum Gasteiger partial charge on any atom is -0.495 e. The lowest BCUT2D eigenvalue weighted by Gasteiger charge is -2.27. The average Bonchev–Trinajstić information content (AvgIpc) is 2.40. The van der Waals surface area contributed by atoms with Crippen LogP contribution in [-0.2, 0) is 14.8 Å². The van der Waals surface area contributed by atoms with Gasteiger partial charge in [0.2, 0.25) is 15.9 Å². The molecule has 0 atom stereocenters. The number of nitrogens with one attached hydrogen (secondary N) is 1. The quantitative estimate of drug-likeness (QED) is 0.819. The second kappa shape index (κ2) is 7.21. The largest absolute Gasteiger partial charge is 0.495 e. The molecule has 1 aromatic carbocycles. The highest BCUT2D eigenvalue weighted by atomic mass is 32.2. The highest BCUT2D eigenvalue weighted by Gasteiger charge is 2.26. The Hall–Kier alpha value is -1.76. The molecule has 1 aromatic rings. The van der Waals surface area contributed by atoms with E-state index in [-0.39, 0.29) is 24.9 Å². The number of sulfonamides is 1. The van der Waals surface area contributed by atoms with Gasteiger partial charge in [-0.2, -0.15) is 0 Å². The van der Waals surface area contributed by atoms with E-state index in [0.717, 1.165) is 31.1 Å². The number of amides is 1. The normalized spacial score (nSPS) is 14.9. The van der Waals surface area contributed by atoms with Crippen molar-refractivity contribution in [2.24, 2.45) is 5.92 Å². The Morgan fingerprint density at radius 3 is 2.61 bits per heavy atom. The highest BCUT2D eigenvalue weighted by molar-refractivity contribution is 7.92. The first kappa shape index (κ1) is 17.6. The Balaban J connectivity index is 2.11. The van der Waals surface area contributed by atoms with Crippen molar-refractivity contribution in [1.29, 1.82) is 0 Å². The Bertz CT molecular complexity index is 669. The second-order valence-corrected chi connectivity index (χ2v) is 7.84. The van der Waals surface area contributed by atoms with Crippen LogP contribution < -0.4 is 14.4 Å². The zero-order valence-electron chi connectivity index (χ0n) is 13.8. The number of methoxy groups -OCH3 is 1. The monoisotopic (exact) mass is 340 g/mol. The van der Waals surface area contributed by atoms with Crippen molar-refractivity contribution >= 4 is 21.6 Å². The maximum absolute atomic E-state index is 12.1. The molecular formula is C16H24N2O4S. The van der Waals surface area contributed by atoms with Crippen LogP contribution in [-0.4, -0.2) is 40.8 Å². The molecule has 0 bridgehead atoms. The first-order valence-corrected chi connectivity index (χ1v) is 9.58. The van der Waals surface area contributed by atoms with Crippen molar-refractivity contribution in [3.63, 3.8) is 0 Å². The van der Waals surface area contributed by atoms with E-state index in [1.165, 1.54) is 11.4 Å². The average molecular weight is 340 g/mol. The maximum atomic E-state index is 12.1. The summed E-state index contributed by atoms with van der Waals surface area (Å²) in [5, 5.41) is 2.82. The number of hydrogen-bond donors (Lipinski definition) is 1. The number of nitrogens with zero attached hydrogens (tertiary/aromatic N) is 1. The van der Waals surface area contributed by atoms with Gasteiger partial charge in [-0.05, 0) is 37.5 Å². The van der Waals surface area contributed by atoms with Crippen LogP contribution in [0.1, 0.15) is 24.8 Å². The topological polar surface area (TPSA) is 75.7 Å². The third kappa shape index (κ3) is 4.37. The molecule has 0 radical (unpaired) electrons. The Labute approximate surface area is 137 Å². The van der Waals surface area contributed by atoms with Gasteiger partial charge in [-0.15, -0.1) is 0 Å². The standard InChI is InChI=1S/C16H24N2O4S/c1-12-7-8-15(22-2)14(11-12)18(23(3,20)21)10-9-17-16(19)13-5-4-6-13/h7-8,11,13H,4-6,9-10H2,1-3H3,(H,17,19). The number of hydrogen-bond acceptors (Lipinski definition) is 4. The third-order valence-electron chi connectivity index (χ3n) is 4.09. The number of aryl methyl sites for hydroxylation is 1. The number of carbonyl (C=O) groups is 1. The number of rotatable bonds is 7. The summed E-state index contributed by atoms with van der Waals surface area (Å²) in [6, 6.07) is 5.38. The van der Waals surface area contributed by atoms with Crippen LogP contribution in [0.25, 0.3) is 0 Å². The molecule has 0 aromatic heterocycles. The molecular weight excluding hydrogens is 316 g/mol. The lowest BCUT2D eigenvalue weighted by molar-refractivity contribution is -0.127. The fourth-order valence-electron chi connectivity index (χ4n) is 2.56. The molecule has 0 aliphatic heterocycles. The minimum absolute atomic E-state index is 0.0147. The molecule has 1 aliphatic carbocycles. The van der Waals surface area contributed by atoms with Crippen LogP contribution in [0.4, 0.5) is 5.69 Å². The number of carbonyl (C=O) groups excluding carboxylic acids is 1. The summed E-state index contributed by atoms with van der Waals surface area (Å²) in [6.45, 7) is 2.35. The number of ether oxygens (including phenoxy) is 1. The molecule has 128 valence electrons. The van der Waals surface area contributed by atoms with Crippen molar-refractivity contribution in [3.8, 4) is 5.75 Å². The number of benzene rings is 1. The highest BCUT2D eigenvalue weighted by Crippen LogP contribution is 2.31. The molecule has 1 fully saturated rings. The van der Waals surface area contributed by atoms with E-state index < -0.39 is 10.0 Å². The first-order valence-electron chi connectivity index (χ1n) is 7.73. The molecule has 1 N–H and O–H groups in total. The van der Waals surface area contributed by atoms with Crippen molar-refractivity contribution < 1.29 is 17.9 Å². The van der Waals surface area contributed by atoms with Gasteiger partial charge in [-0.1, -0.05) is 12.5 Å². The van der Waals surface area contributed by atoms with Gasteiger partial charge >= 0.3 is 0 Å². The summed E-state index contributed by atoms with van der Waals surface area (Å²) >= 11 is 0. The van der Waals surface area contributed by atoms with Gasteiger partial charge in [0.15, 0.2) is 0 Å². The molecule has 0 spiro atoms. The van der Waals surface area contributed by atoms with Crippen molar-refractivity contribution in [3.05, 3.63) is 23.8 Å². The first-order chi connectivity index (χ1) is 10.8. The van der Waals surface area contributed by atoms with Crippen LogP contribution in [0.3, 0.4) is 0 Å². The minimum atomic E-state index is -3.48. The van der Waals surface area contributed by atoms with E-state index in [1.54, 1.807) is 12.1 Å². The van der Waals surface area contributed by atoms with Crippen LogP contribution in [0.2, 0.25) is 0 Å². The van der Waals surface area contributed by atoms with Crippen LogP contribution in [0.5, 0.6) is 5.75 Å². The van der Waals surface area contributed by atoms with E-state index in [1.807, 2.05) is 13.0 Å². The van der Waals surface area contributed by atoms with E-state index >= 15 is 0 Å². The lowest BCUT2D eigenvalue weighted by Crippen LogP contribution is -2.41. The van der Waals surface area contributed by atoms with Crippen molar-refractivity contribution in [2.75, 3.05) is 30.8 Å². The molecule has 1 aliphatic rings.